The summed E-state index contributed by atoms with van der Waals surface area (Å²) in [6.45, 7) is 4.22. The van der Waals surface area contributed by atoms with Crippen LogP contribution in [0, 0.1) is 5.82 Å². The molecule has 2 aromatic carbocycles. The molecule has 5 rings (SSSR count). The number of rotatable bonds is 17. The monoisotopic (exact) mass is 644 g/mol. The Morgan fingerprint density at radius 1 is 0.915 bits per heavy atom. The lowest BCUT2D eigenvalue weighted by molar-refractivity contribution is -0.147. The highest BCUT2D eigenvalue weighted by Crippen LogP contribution is 2.28. The molecule has 1 fully saturated rings. The zero-order valence-electron chi connectivity index (χ0n) is 28.0. The predicted octanol–water partition coefficient (Wildman–Crippen LogP) is 7.31. The number of ether oxygens (including phenoxy) is 1. The van der Waals surface area contributed by atoms with Crippen LogP contribution in [0.3, 0.4) is 0 Å². The number of anilines is 2. The summed E-state index contributed by atoms with van der Waals surface area (Å²) in [6, 6.07) is 16.2. The second kappa shape index (κ2) is 17.1. The zero-order valence-corrected chi connectivity index (χ0v) is 28.0. The number of esters is 1. The number of carbonyl (C=O) groups is 1. The average Bonchev–Trinajstić information content (AvgIpc) is 3.45. The zero-order chi connectivity index (χ0) is 33.0. The molecule has 0 spiro atoms. The number of unbranched alkanes of at least 4 members (excludes halogenated alkanes) is 8. The summed E-state index contributed by atoms with van der Waals surface area (Å²) in [5.74, 6) is 0.857. The van der Waals surface area contributed by atoms with Gasteiger partial charge in [-0.15, -0.1) is 0 Å². The van der Waals surface area contributed by atoms with Crippen LogP contribution in [0.25, 0.3) is 11.0 Å². The van der Waals surface area contributed by atoms with Crippen molar-refractivity contribution in [3.05, 3.63) is 82.5 Å². The Morgan fingerprint density at radius 3 is 2.32 bits per heavy atom. The SMILES string of the molecule is CCCCCCCCCCCC(=O)OCn1c(N(C)C2CCN(c3nc4ccccc4n3Cc3ccc(F)cc3)CC2)nccc1=O. The number of nitrogens with zero attached hydrogens (tertiary/aromatic N) is 6. The Hall–Kier alpha value is -4.21. The Bertz CT molecular complexity index is 1630. The first-order valence-corrected chi connectivity index (χ1v) is 17.3. The van der Waals surface area contributed by atoms with E-state index in [-0.39, 0.29) is 30.1 Å². The minimum absolute atomic E-state index is 0.138. The van der Waals surface area contributed by atoms with Crippen LogP contribution >= 0.6 is 0 Å². The molecule has 4 aromatic rings. The molecule has 0 N–H and O–H groups in total. The highest BCUT2D eigenvalue weighted by atomic mass is 19.1. The Kier molecular flexibility index (Phi) is 12.4. The van der Waals surface area contributed by atoms with Crippen molar-refractivity contribution in [1.29, 1.82) is 0 Å². The molecule has 0 aliphatic carbocycles. The fourth-order valence-electron chi connectivity index (χ4n) is 6.47. The van der Waals surface area contributed by atoms with E-state index in [1.54, 1.807) is 0 Å². The fraction of sp³-hybridized carbons (Fsp3) is 0.514. The Labute approximate surface area is 277 Å². The van der Waals surface area contributed by atoms with Crippen molar-refractivity contribution < 1.29 is 13.9 Å². The number of halogens is 1. The van der Waals surface area contributed by atoms with Crippen LogP contribution in [0.4, 0.5) is 16.3 Å². The van der Waals surface area contributed by atoms with E-state index in [0.717, 1.165) is 67.7 Å². The number of carbonyl (C=O) groups excluding carboxylic acids is 1. The number of para-hydroxylation sites is 2. The van der Waals surface area contributed by atoms with E-state index in [4.69, 9.17) is 9.72 Å². The summed E-state index contributed by atoms with van der Waals surface area (Å²) in [7, 11) is 1.95. The van der Waals surface area contributed by atoms with E-state index in [1.807, 2.05) is 42.3 Å². The number of benzene rings is 2. The molecule has 2 aromatic heterocycles. The van der Waals surface area contributed by atoms with Crippen molar-refractivity contribution in [2.45, 2.75) is 103 Å². The number of hydrogen-bond donors (Lipinski definition) is 0. The van der Waals surface area contributed by atoms with E-state index in [9.17, 15) is 14.0 Å². The molecule has 3 heterocycles. The predicted molar refractivity (Wildman–Crippen MR) is 185 cm³/mol. The van der Waals surface area contributed by atoms with Crippen LogP contribution in [0.1, 0.15) is 89.5 Å². The molecule has 0 amide bonds. The van der Waals surface area contributed by atoms with Gasteiger partial charge in [0.1, 0.15) is 5.82 Å². The first-order chi connectivity index (χ1) is 22.9. The molecular weight excluding hydrogens is 595 g/mol. The summed E-state index contributed by atoms with van der Waals surface area (Å²) in [5, 5.41) is 0. The third kappa shape index (κ3) is 9.20. The topological polar surface area (TPSA) is 85.5 Å². The van der Waals surface area contributed by atoms with E-state index in [2.05, 4.69) is 27.4 Å². The summed E-state index contributed by atoms with van der Waals surface area (Å²) < 4.78 is 22.8. The quantitative estimate of drug-likeness (QED) is 0.0881. The van der Waals surface area contributed by atoms with Crippen molar-refractivity contribution in [3.8, 4) is 0 Å². The molecule has 252 valence electrons. The summed E-state index contributed by atoms with van der Waals surface area (Å²) in [5.41, 5.74) is 2.72. The molecule has 0 unspecified atom stereocenters. The lowest BCUT2D eigenvalue weighted by Gasteiger charge is -2.38. The van der Waals surface area contributed by atoms with E-state index >= 15 is 0 Å². The van der Waals surface area contributed by atoms with Gasteiger partial charge in [-0.1, -0.05) is 82.6 Å². The number of piperidine rings is 1. The standard InChI is InChI=1S/C37H49FN6O3/c1-3-4-5-6-7-8-9-10-11-16-35(46)47-28-44-34(45)21-24-39-36(44)41(2)31-22-25-42(26-23-31)37-40-32-14-12-13-15-33(32)43(37)27-29-17-19-30(38)20-18-29/h12-15,17-21,24,31H,3-11,16,22-23,25-28H2,1-2H3. The van der Waals surface area contributed by atoms with Crippen LogP contribution in [0.15, 0.2) is 65.6 Å². The molecule has 0 saturated carbocycles. The number of imidazole rings is 1. The first-order valence-electron chi connectivity index (χ1n) is 17.3. The Morgan fingerprint density at radius 2 is 1.60 bits per heavy atom. The fourth-order valence-corrected chi connectivity index (χ4v) is 6.47. The van der Waals surface area contributed by atoms with Crippen molar-refractivity contribution >= 4 is 28.9 Å². The first kappa shape index (κ1) is 34.1. The average molecular weight is 645 g/mol. The maximum Gasteiger partial charge on any atom is 0.307 e. The molecular formula is C37H49FN6O3. The van der Waals surface area contributed by atoms with Crippen LogP contribution in [0.5, 0.6) is 0 Å². The smallest absolute Gasteiger partial charge is 0.307 e. The lowest BCUT2D eigenvalue weighted by atomic mass is 10.0. The third-order valence-electron chi connectivity index (χ3n) is 9.25. The molecule has 0 atom stereocenters. The van der Waals surface area contributed by atoms with Crippen LogP contribution < -0.4 is 15.4 Å². The normalized spacial score (nSPS) is 13.7. The number of hydrogen-bond acceptors (Lipinski definition) is 7. The van der Waals surface area contributed by atoms with Gasteiger partial charge in [-0.2, -0.15) is 0 Å². The van der Waals surface area contributed by atoms with Gasteiger partial charge in [0.15, 0.2) is 6.73 Å². The summed E-state index contributed by atoms with van der Waals surface area (Å²) >= 11 is 0. The van der Waals surface area contributed by atoms with Crippen molar-refractivity contribution in [2.24, 2.45) is 0 Å². The van der Waals surface area contributed by atoms with Gasteiger partial charge in [0.25, 0.3) is 5.56 Å². The van der Waals surface area contributed by atoms with Gasteiger partial charge < -0.3 is 19.1 Å². The van der Waals surface area contributed by atoms with Crippen molar-refractivity contribution in [2.75, 3.05) is 29.9 Å². The van der Waals surface area contributed by atoms with E-state index < -0.39 is 0 Å². The second-order valence-corrected chi connectivity index (χ2v) is 12.7. The van der Waals surface area contributed by atoms with Gasteiger partial charge >= 0.3 is 5.97 Å². The van der Waals surface area contributed by atoms with Gasteiger partial charge in [-0.05, 0) is 49.1 Å². The minimum atomic E-state index is -0.283. The van der Waals surface area contributed by atoms with Gasteiger partial charge in [0.2, 0.25) is 11.9 Å². The second-order valence-electron chi connectivity index (χ2n) is 12.7. The number of fused-ring (bicyclic) bond motifs is 1. The van der Waals surface area contributed by atoms with E-state index in [0.29, 0.717) is 18.9 Å². The van der Waals surface area contributed by atoms with Crippen molar-refractivity contribution in [1.82, 2.24) is 19.1 Å². The highest BCUT2D eigenvalue weighted by Gasteiger charge is 2.28. The van der Waals surface area contributed by atoms with Gasteiger partial charge in [0.05, 0.1) is 17.6 Å². The van der Waals surface area contributed by atoms with Gasteiger partial charge in [-0.3, -0.25) is 9.59 Å². The molecule has 1 aliphatic rings. The van der Waals surface area contributed by atoms with E-state index in [1.165, 1.54) is 67.5 Å². The molecule has 0 bridgehead atoms. The molecule has 9 nitrogen and oxygen atoms in total. The lowest BCUT2D eigenvalue weighted by Crippen LogP contribution is -2.46. The molecule has 47 heavy (non-hydrogen) atoms. The maximum atomic E-state index is 13.6. The van der Waals surface area contributed by atoms with Crippen LogP contribution in [-0.2, 0) is 22.8 Å². The van der Waals surface area contributed by atoms with Gasteiger partial charge in [-0.25, -0.2) is 18.9 Å². The summed E-state index contributed by atoms with van der Waals surface area (Å²) in [6.07, 6.45) is 14.2. The van der Waals surface area contributed by atoms with Crippen LogP contribution in [0.2, 0.25) is 0 Å². The largest absolute Gasteiger partial charge is 0.444 e. The maximum absolute atomic E-state index is 13.6. The molecule has 10 heteroatoms. The molecule has 1 aliphatic heterocycles. The highest BCUT2D eigenvalue weighted by molar-refractivity contribution is 5.79. The Balaban J connectivity index is 1.15. The molecule has 1 saturated heterocycles. The van der Waals surface area contributed by atoms with Crippen LogP contribution in [-0.4, -0.2) is 51.3 Å². The summed E-state index contributed by atoms with van der Waals surface area (Å²) in [4.78, 5) is 39.2. The minimum Gasteiger partial charge on any atom is -0.444 e. The van der Waals surface area contributed by atoms with Crippen molar-refractivity contribution in [3.63, 3.8) is 0 Å². The van der Waals surface area contributed by atoms with Gasteiger partial charge in [0, 0.05) is 44.9 Å². The number of aromatic nitrogens is 4. The molecule has 0 radical (unpaired) electrons. The third-order valence-corrected chi connectivity index (χ3v) is 9.25.